The molecule has 3 rings (SSSR count). The van der Waals surface area contributed by atoms with Gasteiger partial charge in [0.25, 0.3) is 0 Å². The fraction of sp³-hybridized carbons (Fsp3) is 0.533. The van der Waals surface area contributed by atoms with Gasteiger partial charge in [0.15, 0.2) is 0 Å². The maximum absolute atomic E-state index is 12.1. The average Bonchev–Trinajstić information content (AvgIpc) is 3.02. The van der Waals surface area contributed by atoms with Crippen molar-refractivity contribution >= 4 is 17.7 Å². The van der Waals surface area contributed by atoms with Gasteiger partial charge in [0.05, 0.1) is 0 Å². The minimum atomic E-state index is 0.374. The van der Waals surface area contributed by atoms with E-state index in [0.29, 0.717) is 18.4 Å². The highest BCUT2D eigenvalue weighted by Gasteiger charge is 2.40. The first-order valence-electron chi connectivity index (χ1n) is 6.78. The Kier molecular flexibility index (Phi) is 3.59. The van der Waals surface area contributed by atoms with Gasteiger partial charge in [0.2, 0.25) is 5.91 Å². The van der Waals surface area contributed by atoms with Crippen molar-refractivity contribution in [2.24, 2.45) is 0 Å². The summed E-state index contributed by atoms with van der Waals surface area (Å²) in [6.07, 6.45) is 3.94. The largest absolute Gasteiger partial charge is 0.338 e. The quantitative estimate of drug-likeness (QED) is 0.830. The van der Waals surface area contributed by atoms with E-state index in [1.807, 2.05) is 17.8 Å². The molecule has 0 radical (unpaired) electrons. The summed E-state index contributed by atoms with van der Waals surface area (Å²) in [4.78, 5) is 14.3. The molecule has 1 aromatic carbocycles. The van der Waals surface area contributed by atoms with Crippen molar-refractivity contribution in [1.29, 1.82) is 0 Å². The van der Waals surface area contributed by atoms with Crippen molar-refractivity contribution < 1.29 is 4.79 Å². The Labute approximate surface area is 113 Å². The molecule has 2 atom stereocenters. The van der Waals surface area contributed by atoms with Crippen molar-refractivity contribution in [2.45, 2.75) is 37.0 Å². The number of likely N-dealkylation sites (tertiary alicyclic amines) is 1. The Morgan fingerprint density at radius 3 is 2.83 bits per heavy atom. The minimum Gasteiger partial charge on any atom is -0.338 e. The monoisotopic (exact) mass is 261 g/mol. The van der Waals surface area contributed by atoms with Crippen molar-refractivity contribution in [3.8, 4) is 0 Å². The van der Waals surface area contributed by atoms with Crippen LogP contribution in [0.1, 0.15) is 24.8 Å². The number of aryl methyl sites for hydroxylation is 1. The summed E-state index contributed by atoms with van der Waals surface area (Å²) in [5.41, 5.74) is 1.34. The van der Waals surface area contributed by atoms with Gasteiger partial charge < -0.3 is 4.90 Å². The van der Waals surface area contributed by atoms with E-state index in [4.69, 9.17) is 0 Å². The van der Waals surface area contributed by atoms with Crippen LogP contribution in [0.15, 0.2) is 30.3 Å². The number of nitrogens with zero attached hydrogens (tertiary/aromatic N) is 1. The van der Waals surface area contributed by atoms with Gasteiger partial charge in [-0.1, -0.05) is 30.3 Å². The summed E-state index contributed by atoms with van der Waals surface area (Å²) in [6.45, 7) is 1.000. The second kappa shape index (κ2) is 5.35. The van der Waals surface area contributed by atoms with E-state index < -0.39 is 0 Å². The number of amides is 1. The Balaban J connectivity index is 1.45. The molecular weight excluding hydrogens is 242 g/mol. The summed E-state index contributed by atoms with van der Waals surface area (Å²) >= 11 is 2.04. The molecule has 18 heavy (non-hydrogen) atoms. The Morgan fingerprint density at radius 1 is 1.33 bits per heavy atom. The maximum Gasteiger partial charge on any atom is 0.222 e. The molecule has 2 aliphatic heterocycles. The number of benzene rings is 1. The van der Waals surface area contributed by atoms with Crippen LogP contribution in [0.5, 0.6) is 0 Å². The van der Waals surface area contributed by atoms with Gasteiger partial charge >= 0.3 is 0 Å². The first-order chi connectivity index (χ1) is 8.83. The molecule has 0 aliphatic carbocycles. The molecule has 3 heteroatoms. The van der Waals surface area contributed by atoms with E-state index in [1.165, 1.54) is 12.0 Å². The lowest BCUT2D eigenvalue weighted by Crippen LogP contribution is -2.39. The third-order valence-corrected chi connectivity index (χ3v) is 5.31. The fourth-order valence-electron chi connectivity index (χ4n) is 2.94. The lowest BCUT2D eigenvalue weighted by atomic mass is 10.1. The molecule has 2 fully saturated rings. The van der Waals surface area contributed by atoms with Gasteiger partial charge in [-0.3, -0.25) is 4.79 Å². The van der Waals surface area contributed by atoms with Crippen molar-refractivity contribution in [2.75, 3.05) is 12.3 Å². The fourth-order valence-corrected chi connectivity index (χ4v) is 4.37. The summed E-state index contributed by atoms with van der Waals surface area (Å²) in [6, 6.07) is 11.0. The van der Waals surface area contributed by atoms with E-state index in [9.17, 15) is 4.79 Å². The van der Waals surface area contributed by atoms with Gasteiger partial charge in [0.1, 0.15) is 0 Å². The number of rotatable bonds is 4. The highest BCUT2D eigenvalue weighted by atomic mass is 32.2. The summed E-state index contributed by atoms with van der Waals surface area (Å²) in [5, 5.41) is 0.730. The van der Waals surface area contributed by atoms with Crippen LogP contribution < -0.4 is 0 Å². The lowest BCUT2D eigenvalue weighted by molar-refractivity contribution is -0.131. The van der Waals surface area contributed by atoms with Gasteiger partial charge in [-0.2, -0.15) is 11.8 Å². The van der Waals surface area contributed by atoms with Gasteiger partial charge in [0, 0.05) is 30.0 Å². The van der Waals surface area contributed by atoms with Gasteiger partial charge in [-0.25, -0.2) is 0 Å². The van der Waals surface area contributed by atoms with E-state index in [1.54, 1.807) is 0 Å². The van der Waals surface area contributed by atoms with Gasteiger partial charge in [-0.05, 0) is 24.8 Å². The third kappa shape index (κ3) is 2.56. The first-order valence-corrected chi connectivity index (χ1v) is 7.83. The molecule has 2 nitrogen and oxygen atoms in total. The Hall–Kier alpha value is -0.960. The Morgan fingerprint density at radius 2 is 2.17 bits per heavy atom. The van der Waals surface area contributed by atoms with Crippen LogP contribution in [0.25, 0.3) is 0 Å². The summed E-state index contributed by atoms with van der Waals surface area (Å²) < 4.78 is 0. The molecule has 0 N–H and O–H groups in total. The molecule has 0 aromatic heterocycles. The van der Waals surface area contributed by atoms with Crippen molar-refractivity contribution in [3.63, 3.8) is 0 Å². The molecule has 96 valence electrons. The molecule has 2 aliphatic rings. The predicted octanol–water partition coefficient (Wildman–Crippen LogP) is 2.73. The van der Waals surface area contributed by atoms with E-state index in [0.717, 1.165) is 30.4 Å². The predicted molar refractivity (Wildman–Crippen MR) is 75.7 cm³/mol. The molecule has 2 bridgehead atoms. The van der Waals surface area contributed by atoms with Crippen LogP contribution in [-0.4, -0.2) is 34.4 Å². The van der Waals surface area contributed by atoms with Crippen LogP contribution in [0.2, 0.25) is 0 Å². The van der Waals surface area contributed by atoms with Gasteiger partial charge in [-0.15, -0.1) is 0 Å². The first kappa shape index (κ1) is 12.1. The number of carbonyl (C=O) groups excluding carboxylic acids is 1. The number of fused-ring (bicyclic) bond motifs is 2. The number of thioether (sulfide) groups is 1. The zero-order valence-corrected chi connectivity index (χ0v) is 11.4. The average molecular weight is 261 g/mol. The zero-order chi connectivity index (χ0) is 12.4. The van der Waals surface area contributed by atoms with Crippen LogP contribution >= 0.6 is 11.8 Å². The summed E-state index contributed by atoms with van der Waals surface area (Å²) in [5.74, 6) is 1.54. The smallest absolute Gasteiger partial charge is 0.222 e. The number of hydrogen-bond donors (Lipinski definition) is 0. The van der Waals surface area contributed by atoms with E-state index >= 15 is 0 Å². The molecule has 1 amide bonds. The van der Waals surface area contributed by atoms with E-state index in [-0.39, 0.29) is 0 Å². The highest BCUT2D eigenvalue weighted by Crippen LogP contribution is 2.37. The zero-order valence-electron chi connectivity index (χ0n) is 10.5. The molecule has 0 saturated carbocycles. The Bertz CT molecular complexity index is 420. The third-order valence-electron chi connectivity index (χ3n) is 3.92. The normalized spacial score (nSPS) is 25.7. The van der Waals surface area contributed by atoms with Crippen molar-refractivity contribution in [3.05, 3.63) is 35.9 Å². The molecule has 2 heterocycles. The topological polar surface area (TPSA) is 20.3 Å². The second-order valence-corrected chi connectivity index (χ2v) is 6.56. The van der Waals surface area contributed by atoms with Crippen LogP contribution in [0.4, 0.5) is 0 Å². The molecule has 2 unspecified atom stereocenters. The molecule has 0 spiro atoms. The summed E-state index contributed by atoms with van der Waals surface area (Å²) in [7, 11) is 0. The number of carbonyl (C=O) groups is 1. The molecule has 2 saturated heterocycles. The lowest BCUT2D eigenvalue weighted by Gasteiger charge is -2.26. The standard InChI is InChI=1S/C15H19NOS/c17-15(16-10-14-9-13(16)11-18-14)8-4-7-12-5-2-1-3-6-12/h1-3,5-6,13-14H,4,7-11H2. The number of hydrogen-bond acceptors (Lipinski definition) is 2. The molecular formula is C15H19NOS. The van der Waals surface area contributed by atoms with Crippen LogP contribution in [-0.2, 0) is 11.2 Å². The maximum atomic E-state index is 12.1. The minimum absolute atomic E-state index is 0.374. The van der Waals surface area contributed by atoms with Crippen LogP contribution in [0.3, 0.4) is 0 Å². The second-order valence-electron chi connectivity index (χ2n) is 5.23. The highest BCUT2D eigenvalue weighted by molar-refractivity contribution is 8.00. The SMILES string of the molecule is O=C(CCCc1ccccc1)N1CC2CC1CS2. The van der Waals surface area contributed by atoms with Crippen LogP contribution in [0, 0.1) is 0 Å². The molecule has 1 aromatic rings. The van der Waals surface area contributed by atoms with E-state index in [2.05, 4.69) is 29.2 Å². The van der Waals surface area contributed by atoms with Crippen molar-refractivity contribution in [1.82, 2.24) is 4.90 Å².